The van der Waals surface area contributed by atoms with Crippen molar-refractivity contribution in [3.8, 4) is 0 Å². The third-order valence-corrected chi connectivity index (χ3v) is 4.25. The van der Waals surface area contributed by atoms with E-state index in [1.54, 1.807) is 0 Å². The van der Waals surface area contributed by atoms with Gasteiger partial charge in [0, 0.05) is 6.42 Å². The minimum atomic E-state index is -0.00318. The fraction of sp³-hybridized carbons (Fsp3) is 0.941. The number of hydrogen-bond acceptors (Lipinski definition) is 2. The summed E-state index contributed by atoms with van der Waals surface area (Å²) in [5.41, 5.74) is 0.466. The lowest BCUT2D eigenvalue weighted by Gasteiger charge is -2.39. The van der Waals surface area contributed by atoms with Crippen molar-refractivity contribution >= 4 is 5.97 Å². The van der Waals surface area contributed by atoms with Gasteiger partial charge in [-0.25, -0.2) is 0 Å². The van der Waals surface area contributed by atoms with Crippen molar-refractivity contribution in [1.82, 2.24) is 0 Å². The molecule has 2 heteroatoms. The zero-order valence-corrected chi connectivity index (χ0v) is 13.3. The maximum Gasteiger partial charge on any atom is 0.305 e. The summed E-state index contributed by atoms with van der Waals surface area (Å²) in [4.78, 5) is 11.5. The van der Waals surface area contributed by atoms with Gasteiger partial charge < -0.3 is 4.74 Å². The molecule has 0 heterocycles. The van der Waals surface area contributed by atoms with Gasteiger partial charge in [0.05, 0.1) is 6.61 Å². The van der Waals surface area contributed by atoms with E-state index in [0.29, 0.717) is 18.4 Å². The summed E-state index contributed by atoms with van der Waals surface area (Å²) in [6.07, 6.45) is 8.82. The van der Waals surface area contributed by atoms with Crippen LogP contribution in [-0.2, 0) is 9.53 Å². The van der Waals surface area contributed by atoms with Crippen LogP contribution in [0, 0.1) is 17.3 Å². The molecule has 0 N–H and O–H groups in total. The maximum absolute atomic E-state index is 11.5. The highest BCUT2D eigenvalue weighted by molar-refractivity contribution is 5.69. The van der Waals surface area contributed by atoms with Gasteiger partial charge in [0.2, 0.25) is 0 Å². The summed E-state index contributed by atoms with van der Waals surface area (Å²) >= 11 is 0. The van der Waals surface area contributed by atoms with E-state index in [0.717, 1.165) is 37.5 Å². The molecule has 0 aromatic carbocycles. The first-order chi connectivity index (χ1) is 8.93. The summed E-state index contributed by atoms with van der Waals surface area (Å²) < 4.78 is 5.36. The first-order valence-corrected chi connectivity index (χ1v) is 8.08. The van der Waals surface area contributed by atoms with Crippen LogP contribution in [0.1, 0.15) is 79.1 Å². The molecule has 0 saturated heterocycles. The molecule has 1 aliphatic carbocycles. The molecular weight excluding hydrogens is 236 g/mol. The second-order valence-corrected chi connectivity index (χ2v) is 7.25. The average molecular weight is 268 g/mol. The Kier molecular flexibility index (Phi) is 6.88. The van der Waals surface area contributed by atoms with E-state index in [2.05, 4.69) is 27.7 Å². The predicted molar refractivity (Wildman–Crippen MR) is 80.0 cm³/mol. The number of hydrogen-bond donors (Lipinski definition) is 0. The lowest BCUT2D eigenvalue weighted by molar-refractivity contribution is -0.144. The smallest absolute Gasteiger partial charge is 0.305 e. The Balaban J connectivity index is 2.16. The molecule has 1 saturated carbocycles. The summed E-state index contributed by atoms with van der Waals surface area (Å²) in [7, 11) is 0. The Labute approximate surface area is 119 Å². The van der Waals surface area contributed by atoms with Crippen LogP contribution in [0.3, 0.4) is 0 Å². The van der Waals surface area contributed by atoms with Gasteiger partial charge in [-0.2, -0.15) is 0 Å². The minimum absolute atomic E-state index is 0.00318. The van der Waals surface area contributed by atoms with Gasteiger partial charge in [0.1, 0.15) is 0 Å². The molecule has 19 heavy (non-hydrogen) atoms. The number of rotatable bonds is 7. The van der Waals surface area contributed by atoms with E-state index in [1.807, 2.05) is 0 Å². The lowest BCUT2D eigenvalue weighted by atomic mass is 9.67. The molecule has 1 rings (SSSR count). The number of carbonyl (C=O) groups is 1. The highest BCUT2D eigenvalue weighted by Gasteiger charge is 2.31. The van der Waals surface area contributed by atoms with Crippen LogP contribution in [0.5, 0.6) is 0 Å². The number of esters is 1. The van der Waals surface area contributed by atoms with Gasteiger partial charge in [-0.15, -0.1) is 0 Å². The molecule has 2 atom stereocenters. The van der Waals surface area contributed by atoms with Crippen LogP contribution in [0.15, 0.2) is 0 Å². The zero-order valence-electron chi connectivity index (χ0n) is 13.3. The van der Waals surface area contributed by atoms with Crippen LogP contribution < -0.4 is 0 Å². The SMILES string of the molecule is CCCCCC(=O)OCCC1CC(C)CC(C)(C)C1. The van der Waals surface area contributed by atoms with Gasteiger partial charge >= 0.3 is 5.97 Å². The van der Waals surface area contributed by atoms with E-state index < -0.39 is 0 Å². The van der Waals surface area contributed by atoms with Gasteiger partial charge in [0.15, 0.2) is 0 Å². The molecule has 0 aliphatic heterocycles. The zero-order chi connectivity index (χ0) is 14.3. The van der Waals surface area contributed by atoms with E-state index in [1.165, 1.54) is 19.3 Å². The topological polar surface area (TPSA) is 26.3 Å². The van der Waals surface area contributed by atoms with Crippen molar-refractivity contribution in [2.45, 2.75) is 79.1 Å². The first kappa shape index (κ1) is 16.5. The van der Waals surface area contributed by atoms with Crippen molar-refractivity contribution in [3.63, 3.8) is 0 Å². The predicted octanol–water partition coefficient (Wildman–Crippen LogP) is 4.96. The second-order valence-electron chi connectivity index (χ2n) is 7.25. The largest absolute Gasteiger partial charge is 0.466 e. The number of ether oxygens (including phenoxy) is 1. The van der Waals surface area contributed by atoms with E-state index >= 15 is 0 Å². The fourth-order valence-corrected chi connectivity index (χ4v) is 3.69. The average Bonchev–Trinajstić information content (AvgIpc) is 2.26. The van der Waals surface area contributed by atoms with Gasteiger partial charge in [-0.05, 0) is 49.4 Å². The normalized spacial score (nSPS) is 26.1. The van der Waals surface area contributed by atoms with Gasteiger partial charge in [-0.3, -0.25) is 4.79 Å². The minimum Gasteiger partial charge on any atom is -0.466 e. The molecule has 2 nitrogen and oxygen atoms in total. The molecule has 0 amide bonds. The molecule has 0 bridgehead atoms. The molecule has 1 aliphatic rings. The van der Waals surface area contributed by atoms with Crippen LogP contribution in [0.25, 0.3) is 0 Å². The Morgan fingerprint density at radius 1 is 1.26 bits per heavy atom. The molecular formula is C17H32O2. The van der Waals surface area contributed by atoms with Crippen molar-refractivity contribution in [3.05, 3.63) is 0 Å². The summed E-state index contributed by atoms with van der Waals surface area (Å²) in [6.45, 7) is 9.86. The Morgan fingerprint density at radius 3 is 2.63 bits per heavy atom. The Bertz CT molecular complexity index is 270. The molecule has 1 fully saturated rings. The quantitative estimate of drug-likeness (QED) is 0.482. The standard InChI is InChI=1S/C17H32O2/c1-5-6-7-8-16(18)19-10-9-15-11-14(2)12-17(3,4)13-15/h14-15H,5-13H2,1-4H3. The van der Waals surface area contributed by atoms with E-state index in [9.17, 15) is 4.79 Å². The molecule has 2 unspecified atom stereocenters. The van der Waals surface area contributed by atoms with Crippen LogP contribution in [0.4, 0.5) is 0 Å². The first-order valence-electron chi connectivity index (χ1n) is 8.08. The number of carbonyl (C=O) groups excluding carboxylic acids is 1. The molecule has 0 radical (unpaired) electrons. The molecule has 0 spiro atoms. The van der Waals surface area contributed by atoms with Gasteiger partial charge in [0.25, 0.3) is 0 Å². The Morgan fingerprint density at radius 2 is 2.00 bits per heavy atom. The number of unbranched alkanes of at least 4 members (excludes halogenated alkanes) is 2. The fourth-order valence-electron chi connectivity index (χ4n) is 3.69. The van der Waals surface area contributed by atoms with Crippen molar-refractivity contribution in [1.29, 1.82) is 0 Å². The van der Waals surface area contributed by atoms with E-state index in [4.69, 9.17) is 4.74 Å². The highest BCUT2D eigenvalue weighted by Crippen LogP contribution is 2.42. The Hall–Kier alpha value is -0.530. The summed E-state index contributed by atoms with van der Waals surface area (Å²) in [5, 5.41) is 0. The van der Waals surface area contributed by atoms with Crippen molar-refractivity contribution in [2.24, 2.45) is 17.3 Å². The summed E-state index contributed by atoms with van der Waals surface area (Å²) in [6, 6.07) is 0. The molecule has 0 aromatic heterocycles. The van der Waals surface area contributed by atoms with Crippen LogP contribution >= 0.6 is 0 Å². The second kappa shape index (κ2) is 7.91. The van der Waals surface area contributed by atoms with Crippen molar-refractivity contribution in [2.75, 3.05) is 6.61 Å². The van der Waals surface area contributed by atoms with Crippen molar-refractivity contribution < 1.29 is 9.53 Å². The van der Waals surface area contributed by atoms with Crippen LogP contribution in [0.2, 0.25) is 0 Å². The van der Waals surface area contributed by atoms with E-state index in [-0.39, 0.29) is 5.97 Å². The van der Waals surface area contributed by atoms with Crippen LogP contribution in [-0.4, -0.2) is 12.6 Å². The highest BCUT2D eigenvalue weighted by atomic mass is 16.5. The maximum atomic E-state index is 11.5. The van der Waals surface area contributed by atoms with Gasteiger partial charge in [-0.1, -0.05) is 40.5 Å². The molecule has 112 valence electrons. The molecule has 0 aromatic rings. The lowest BCUT2D eigenvalue weighted by Crippen LogP contribution is -2.28. The third-order valence-electron chi connectivity index (χ3n) is 4.25. The monoisotopic (exact) mass is 268 g/mol. The third kappa shape index (κ3) is 6.98. The summed E-state index contributed by atoms with van der Waals surface area (Å²) in [5.74, 6) is 1.55.